The number of para-hydroxylation sites is 1. The molecule has 0 saturated heterocycles. The number of rotatable bonds is 6. The van der Waals surface area contributed by atoms with Crippen LogP contribution in [0.3, 0.4) is 0 Å². The summed E-state index contributed by atoms with van der Waals surface area (Å²) in [6.07, 6.45) is 2.69. The van der Waals surface area contributed by atoms with Gasteiger partial charge in [0.1, 0.15) is 24.0 Å². The summed E-state index contributed by atoms with van der Waals surface area (Å²) in [7, 11) is 0. The van der Waals surface area contributed by atoms with Gasteiger partial charge >= 0.3 is 6.61 Å². The highest BCUT2D eigenvalue weighted by Gasteiger charge is 2.13. The van der Waals surface area contributed by atoms with Crippen molar-refractivity contribution in [3.63, 3.8) is 0 Å². The molecule has 4 aromatic rings. The van der Waals surface area contributed by atoms with Crippen molar-refractivity contribution in [1.82, 2.24) is 19.3 Å². The van der Waals surface area contributed by atoms with E-state index in [2.05, 4.69) is 20.1 Å². The molecule has 0 saturated carbocycles. The van der Waals surface area contributed by atoms with Gasteiger partial charge < -0.3 is 10.1 Å². The number of ether oxygens (including phenoxy) is 1. The van der Waals surface area contributed by atoms with Crippen molar-refractivity contribution < 1.29 is 18.3 Å². The van der Waals surface area contributed by atoms with Gasteiger partial charge in [-0.25, -0.2) is 9.67 Å². The summed E-state index contributed by atoms with van der Waals surface area (Å²) in [5, 5.41) is 7.09. The highest BCUT2D eigenvalue weighted by atomic mass is 19.3. The average molecular weight is 411 g/mol. The lowest BCUT2D eigenvalue weighted by Crippen LogP contribution is -2.27. The number of hydrogen-bond donors (Lipinski definition) is 1. The van der Waals surface area contributed by atoms with Gasteiger partial charge in [-0.05, 0) is 36.4 Å². The van der Waals surface area contributed by atoms with E-state index >= 15 is 0 Å². The van der Waals surface area contributed by atoms with Crippen LogP contribution in [0.1, 0.15) is 0 Å². The number of nitrogens with zero attached hydrogens (tertiary/aromatic N) is 4. The van der Waals surface area contributed by atoms with Crippen LogP contribution in [0.15, 0.2) is 71.9 Å². The van der Waals surface area contributed by atoms with E-state index in [1.165, 1.54) is 41.4 Å². The monoisotopic (exact) mass is 411 g/mol. The van der Waals surface area contributed by atoms with E-state index in [-0.39, 0.29) is 17.7 Å². The molecule has 0 aliphatic rings. The number of anilines is 1. The van der Waals surface area contributed by atoms with Crippen LogP contribution in [0.25, 0.3) is 16.7 Å². The minimum atomic E-state index is -2.93. The van der Waals surface area contributed by atoms with Crippen molar-refractivity contribution in [2.45, 2.75) is 13.2 Å². The molecule has 0 aliphatic heterocycles. The zero-order valence-electron chi connectivity index (χ0n) is 15.4. The summed E-state index contributed by atoms with van der Waals surface area (Å²) in [5.41, 5.74) is 1.12. The van der Waals surface area contributed by atoms with Crippen molar-refractivity contribution in [2.75, 3.05) is 5.32 Å². The maximum atomic E-state index is 12.7. The number of benzene rings is 2. The molecule has 0 radical (unpaired) electrons. The Balaban J connectivity index is 1.50. The lowest BCUT2D eigenvalue weighted by Gasteiger charge is -2.09. The van der Waals surface area contributed by atoms with Crippen molar-refractivity contribution in [1.29, 1.82) is 0 Å². The number of hydrogen-bond acceptors (Lipinski definition) is 5. The van der Waals surface area contributed by atoms with Crippen LogP contribution in [0, 0.1) is 0 Å². The van der Waals surface area contributed by atoms with E-state index in [0.717, 1.165) is 5.69 Å². The van der Waals surface area contributed by atoms with Crippen LogP contribution in [0.5, 0.6) is 5.75 Å². The number of fused-ring (bicyclic) bond motifs is 1. The smallest absolute Gasteiger partial charge is 0.387 e. The first-order valence-electron chi connectivity index (χ1n) is 8.84. The first-order valence-corrected chi connectivity index (χ1v) is 8.84. The van der Waals surface area contributed by atoms with Crippen LogP contribution in [-0.2, 0) is 11.3 Å². The normalized spacial score (nSPS) is 11.0. The van der Waals surface area contributed by atoms with Gasteiger partial charge in [0.25, 0.3) is 5.56 Å². The number of nitrogens with one attached hydrogen (secondary N) is 1. The fourth-order valence-corrected chi connectivity index (χ4v) is 2.89. The molecule has 10 heteroatoms. The van der Waals surface area contributed by atoms with E-state index in [1.54, 1.807) is 4.68 Å². The van der Waals surface area contributed by atoms with Gasteiger partial charge in [0.15, 0.2) is 5.65 Å². The number of amides is 1. The lowest BCUT2D eigenvalue weighted by molar-refractivity contribution is -0.116. The maximum absolute atomic E-state index is 12.7. The molecule has 0 atom stereocenters. The van der Waals surface area contributed by atoms with E-state index in [0.29, 0.717) is 11.3 Å². The van der Waals surface area contributed by atoms with E-state index in [4.69, 9.17) is 0 Å². The molecule has 1 N–H and O–H groups in total. The SMILES string of the molecule is O=C(Cn1cnc2c(cnn2-c2ccccc2)c1=O)Nc1ccc(OC(F)F)cc1. The fraction of sp³-hybridized carbons (Fsp3) is 0.100. The molecule has 2 heterocycles. The Morgan fingerprint density at radius 3 is 2.53 bits per heavy atom. The molecule has 30 heavy (non-hydrogen) atoms. The Hall–Kier alpha value is -4.08. The van der Waals surface area contributed by atoms with Crippen molar-refractivity contribution in [2.24, 2.45) is 0 Å². The van der Waals surface area contributed by atoms with E-state index < -0.39 is 18.1 Å². The molecule has 2 aromatic heterocycles. The molecule has 2 aromatic carbocycles. The van der Waals surface area contributed by atoms with Crippen LogP contribution in [0.2, 0.25) is 0 Å². The molecule has 4 rings (SSSR count). The van der Waals surface area contributed by atoms with Gasteiger partial charge in [-0.3, -0.25) is 14.2 Å². The molecular formula is C20H15F2N5O3. The van der Waals surface area contributed by atoms with Crippen molar-refractivity contribution in [3.05, 3.63) is 77.5 Å². The van der Waals surface area contributed by atoms with Crippen LogP contribution in [-0.4, -0.2) is 31.9 Å². The standard InChI is InChI=1S/C20H15F2N5O3/c21-20(22)30-15-8-6-13(7-9-15)25-17(28)11-26-12-23-18-16(19(26)29)10-24-27(18)14-4-2-1-3-5-14/h1-10,12,20H,11H2,(H,25,28). The van der Waals surface area contributed by atoms with E-state index in [9.17, 15) is 18.4 Å². The van der Waals surface area contributed by atoms with Gasteiger partial charge in [0.05, 0.1) is 11.9 Å². The Kier molecular flexibility index (Phi) is 5.21. The lowest BCUT2D eigenvalue weighted by atomic mass is 10.3. The molecule has 0 unspecified atom stereocenters. The Labute approximate surface area is 168 Å². The molecule has 0 spiro atoms. The molecule has 0 aliphatic carbocycles. The second-order valence-corrected chi connectivity index (χ2v) is 6.26. The van der Waals surface area contributed by atoms with Crippen LogP contribution >= 0.6 is 0 Å². The van der Waals surface area contributed by atoms with Crippen LogP contribution in [0.4, 0.5) is 14.5 Å². The second kappa shape index (κ2) is 8.11. The van der Waals surface area contributed by atoms with Gasteiger partial charge in [0.2, 0.25) is 5.91 Å². The number of carbonyl (C=O) groups is 1. The van der Waals surface area contributed by atoms with Gasteiger partial charge in [-0.1, -0.05) is 18.2 Å². The molecule has 0 fully saturated rings. The summed E-state index contributed by atoms with van der Waals surface area (Å²) in [4.78, 5) is 29.3. The van der Waals surface area contributed by atoms with Gasteiger partial charge in [-0.15, -0.1) is 0 Å². The third kappa shape index (κ3) is 4.02. The highest BCUT2D eigenvalue weighted by Crippen LogP contribution is 2.18. The summed E-state index contributed by atoms with van der Waals surface area (Å²) < 4.78 is 31.3. The molecule has 1 amide bonds. The van der Waals surface area contributed by atoms with Crippen LogP contribution < -0.4 is 15.6 Å². The highest BCUT2D eigenvalue weighted by molar-refractivity contribution is 5.90. The summed E-state index contributed by atoms with van der Waals surface area (Å²) in [6.45, 7) is -3.20. The third-order valence-corrected chi connectivity index (χ3v) is 4.23. The number of aromatic nitrogens is 4. The predicted molar refractivity (Wildman–Crippen MR) is 105 cm³/mol. The summed E-state index contributed by atoms with van der Waals surface area (Å²) in [5.74, 6) is -0.500. The third-order valence-electron chi connectivity index (χ3n) is 4.23. The molecule has 0 bridgehead atoms. The minimum absolute atomic E-state index is 0.0238. The Morgan fingerprint density at radius 2 is 1.83 bits per heavy atom. The van der Waals surface area contributed by atoms with Gasteiger partial charge in [0, 0.05) is 5.69 Å². The zero-order valence-corrected chi connectivity index (χ0v) is 15.4. The number of carbonyl (C=O) groups excluding carboxylic acids is 1. The first-order chi connectivity index (χ1) is 14.5. The number of halogens is 2. The molecule has 152 valence electrons. The molecular weight excluding hydrogens is 396 g/mol. The van der Waals surface area contributed by atoms with Crippen molar-refractivity contribution in [3.8, 4) is 11.4 Å². The fourth-order valence-electron chi connectivity index (χ4n) is 2.89. The first kappa shape index (κ1) is 19.2. The van der Waals surface area contributed by atoms with Gasteiger partial charge in [-0.2, -0.15) is 13.9 Å². The quantitative estimate of drug-likeness (QED) is 0.527. The second-order valence-electron chi connectivity index (χ2n) is 6.26. The molecule has 8 nitrogen and oxygen atoms in total. The zero-order chi connectivity index (χ0) is 21.1. The number of alkyl halides is 2. The topological polar surface area (TPSA) is 91.0 Å². The maximum Gasteiger partial charge on any atom is 0.387 e. The van der Waals surface area contributed by atoms with Crippen molar-refractivity contribution >= 4 is 22.6 Å². The largest absolute Gasteiger partial charge is 0.435 e. The average Bonchev–Trinajstić information content (AvgIpc) is 3.17. The van der Waals surface area contributed by atoms with E-state index in [1.807, 2.05) is 30.3 Å². The predicted octanol–water partition coefficient (Wildman–Crippen LogP) is 2.82. The summed E-state index contributed by atoms with van der Waals surface area (Å²) in [6, 6.07) is 14.7. The Morgan fingerprint density at radius 1 is 1.10 bits per heavy atom. The Bertz CT molecular complexity index is 1240. The summed E-state index contributed by atoms with van der Waals surface area (Å²) >= 11 is 0. The minimum Gasteiger partial charge on any atom is -0.435 e.